The molecule has 0 aromatic carbocycles. The van der Waals surface area contributed by atoms with Gasteiger partial charge in [0.2, 0.25) is 0 Å². The highest BCUT2D eigenvalue weighted by Crippen LogP contribution is 1.84. The van der Waals surface area contributed by atoms with E-state index in [9.17, 15) is 0 Å². The summed E-state index contributed by atoms with van der Waals surface area (Å²) in [6, 6.07) is 0. The number of hydrogen-bond donors (Lipinski definition) is 0. The fraction of sp³-hybridized carbons (Fsp3) is 0.667. The molecular weight excluding hydrogens is 130 g/mol. The smallest absolute Gasteiger partial charge is 0.117 e. The fourth-order valence-corrected chi connectivity index (χ4v) is 0.569. The minimum absolute atomic E-state index is 0.708. The van der Waals surface area contributed by atoms with E-state index in [0.29, 0.717) is 6.61 Å². The summed E-state index contributed by atoms with van der Waals surface area (Å²) in [5.41, 5.74) is 0. The van der Waals surface area contributed by atoms with Gasteiger partial charge in [0.25, 0.3) is 0 Å². The van der Waals surface area contributed by atoms with Crippen LogP contribution in [0.15, 0.2) is 12.4 Å². The minimum atomic E-state index is 0.708. The molecule has 56 valence electrons. The Hall–Kier alpha value is -1.06. The number of unbranched alkanes of at least 4 members (excludes halogenated alkanes) is 1. The zero-order chi connectivity index (χ0) is 7.23. The van der Waals surface area contributed by atoms with Gasteiger partial charge in [-0.2, -0.15) is 0 Å². The number of hydrogen-bond acceptors (Lipinski definition) is 3. The summed E-state index contributed by atoms with van der Waals surface area (Å²) in [5.74, 6) is 0. The second-order valence-corrected chi connectivity index (χ2v) is 1.99. The Kier molecular flexibility index (Phi) is 2.73. The van der Waals surface area contributed by atoms with Crippen molar-refractivity contribution < 1.29 is 4.84 Å². The number of aromatic nitrogens is 3. The summed E-state index contributed by atoms with van der Waals surface area (Å²) in [6.45, 7) is 2.82. The first-order valence-corrected chi connectivity index (χ1v) is 3.43. The second kappa shape index (κ2) is 3.87. The average Bonchev–Trinajstić information content (AvgIpc) is 2.41. The van der Waals surface area contributed by atoms with Gasteiger partial charge in [-0.25, -0.2) is 0 Å². The van der Waals surface area contributed by atoms with E-state index in [-0.39, 0.29) is 0 Å². The van der Waals surface area contributed by atoms with Crippen molar-refractivity contribution in [1.29, 1.82) is 0 Å². The molecule has 0 fully saturated rings. The zero-order valence-electron chi connectivity index (χ0n) is 6.03. The highest BCUT2D eigenvalue weighted by molar-refractivity contribution is 4.59. The first-order chi connectivity index (χ1) is 4.93. The number of nitrogens with zero attached hydrogens (tertiary/aromatic N) is 3. The quantitative estimate of drug-likeness (QED) is 0.573. The Labute approximate surface area is 59.8 Å². The van der Waals surface area contributed by atoms with Crippen molar-refractivity contribution in [1.82, 2.24) is 15.2 Å². The summed E-state index contributed by atoms with van der Waals surface area (Å²) >= 11 is 0. The van der Waals surface area contributed by atoms with E-state index in [0.717, 1.165) is 12.8 Å². The fourth-order valence-electron chi connectivity index (χ4n) is 0.569. The third-order valence-corrected chi connectivity index (χ3v) is 1.12. The Bertz CT molecular complexity index is 162. The molecule has 1 aromatic heterocycles. The van der Waals surface area contributed by atoms with Crippen LogP contribution in [-0.2, 0) is 0 Å². The lowest BCUT2D eigenvalue weighted by Crippen LogP contribution is -2.12. The minimum Gasteiger partial charge on any atom is -0.395 e. The highest BCUT2D eigenvalue weighted by Gasteiger charge is 1.88. The van der Waals surface area contributed by atoms with Crippen LogP contribution in [0.5, 0.6) is 0 Å². The van der Waals surface area contributed by atoms with Crippen LogP contribution in [0.3, 0.4) is 0 Å². The Morgan fingerprint density at radius 2 is 2.50 bits per heavy atom. The van der Waals surface area contributed by atoms with Gasteiger partial charge < -0.3 is 4.84 Å². The standard InChI is InChI=1S/C6H11N3O/c1-2-3-6-10-9-5-4-7-8-9/h4-5H,2-3,6H2,1H3. The molecule has 0 saturated carbocycles. The predicted molar refractivity (Wildman–Crippen MR) is 36.4 cm³/mol. The van der Waals surface area contributed by atoms with Gasteiger partial charge in [-0.05, 0) is 11.6 Å². The maximum Gasteiger partial charge on any atom is 0.117 e. The van der Waals surface area contributed by atoms with Gasteiger partial charge in [-0.15, -0.1) is 5.10 Å². The van der Waals surface area contributed by atoms with E-state index in [1.54, 1.807) is 12.4 Å². The van der Waals surface area contributed by atoms with E-state index < -0.39 is 0 Å². The second-order valence-electron chi connectivity index (χ2n) is 1.99. The molecule has 0 atom stereocenters. The largest absolute Gasteiger partial charge is 0.395 e. The van der Waals surface area contributed by atoms with E-state index in [1.807, 2.05) is 0 Å². The van der Waals surface area contributed by atoms with Gasteiger partial charge in [0.05, 0.1) is 12.4 Å². The molecule has 1 rings (SSSR count). The summed E-state index contributed by atoms with van der Waals surface area (Å²) in [4.78, 5) is 6.50. The van der Waals surface area contributed by atoms with Crippen LogP contribution in [0, 0.1) is 0 Å². The molecule has 4 heteroatoms. The van der Waals surface area contributed by atoms with Crippen LogP contribution in [0.1, 0.15) is 19.8 Å². The predicted octanol–water partition coefficient (Wildman–Crippen LogP) is 0.507. The molecule has 1 aromatic rings. The van der Waals surface area contributed by atoms with Gasteiger partial charge in [-0.3, -0.25) is 0 Å². The molecule has 0 amide bonds. The van der Waals surface area contributed by atoms with Crippen molar-refractivity contribution in [3.63, 3.8) is 0 Å². The molecule has 0 saturated heterocycles. The molecule has 0 aliphatic rings. The van der Waals surface area contributed by atoms with Crippen LogP contribution < -0.4 is 4.84 Å². The summed E-state index contributed by atoms with van der Waals surface area (Å²) in [7, 11) is 0. The van der Waals surface area contributed by atoms with Crippen LogP contribution in [0.4, 0.5) is 0 Å². The van der Waals surface area contributed by atoms with Gasteiger partial charge >= 0.3 is 0 Å². The maximum atomic E-state index is 5.13. The third kappa shape index (κ3) is 2.05. The summed E-state index contributed by atoms with van der Waals surface area (Å²) in [5, 5.41) is 7.22. The van der Waals surface area contributed by atoms with Crippen LogP contribution in [-0.4, -0.2) is 21.8 Å². The molecule has 0 bridgehead atoms. The molecule has 0 aliphatic heterocycles. The summed E-state index contributed by atoms with van der Waals surface area (Å²) < 4.78 is 0. The van der Waals surface area contributed by atoms with E-state index in [1.165, 1.54) is 4.85 Å². The lowest BCUT2D eigenvalue weighted by Gasteiger charge is -2.00. The highest BCUT2D eigenvalue weighted by atomic mass is 16.7. The zero-order valence-corrected chi connectivity index (χ0v) is 6.03. The Balaban J connectivity index is 2.15. The molecule has 0 spiro atoms. The molecule has 0 N–H and O–H groups in total. The van der Waals surface area contributed by atoms with E-state index >= 15 is 0 Å². The van der Waals surface area contributed by atoms with Gasteiger partial charge in [-0.1, -0.05) is 18.2 Å². The maximum absolute atomic E-state index is 5.13. The molecule has 10 heavy (non-hydrogen) atoms. The van der Waals surface area contributed by atoms with Gasteiger partial charge in [0.1, 0.15) is 6.61 Å². The molecule has 0 aliphatic carbocycles. The van der Waals surface area contributed by atoms with Crippen LogP contribution in [0.25, 0.3) is 0 Å². The van der Waals surface area contributed by atoms with Crippen molar-refractivity contribution in [3.05, 3.63) is 12.4 Å². The molecule has 4 nitrogen and oxygen atoms in total. The van der Waals surface area contributed by atoms with E-state index in [4.69, 9.17) is 4.84 Å². The first-order valence-electron chi connectivity index (χ1n) is 3.43. The first kappa shape index (κ1) is 7.05. The molecule has 0 unspecified atom stereocenters. The van der Waals surface area contributed by atoms with Crippen molar-refractivity contribution in [2.24, 2.45) is 0 Å². The number of rotatable bonds is 4. The van der Waals surface area contributed by atoms with E-state index in [2.05, 4.69) is 17.2 Å². The Morgan fingerprint density at radius 3 is 3.10 bits per heavy atom. The topological polar surface area (TPSA) is 39.9 Å². The molecule has 1 heterocycles. The van der Waals surface area contributed by atoms with Gasteiger partial charge in [0, 0.05) is 0 Å². The van der Waals surface area contributed by atoms with Gasteiger partial charge in [0.15, 0.2) is 0 Å². The van der Waals surface area contributed by atoms with Crippen LogP contribution in [0.2, 0.25) is 0 Å². The van der Waals surface area contributed by atoms with Crippen molar-refractivity contribution in [3.8, 4) is 0 Å². The van der Waals surface area contributed by atoms with Crippen molar-refractivity contribution in [2.75, 3.05) is 6.61 Å². The normalized spacial score (nSPS) is 9.70. The molecule has 0 radical (unpaired) electrons. The van der Waals surface area contributed by atoms with Crippen molar-refractivity contribution in [2.45, 2.75) is 19.8 Å². The Morgan fingerprint density at radius 1 is 1.60 bits per heavy atom. The monoisotopic (exact) mass is 141 g/mol. The average molecular weight is 141 g/mol. The lowest BCUT2D eigenvalue weighted by atomic mass is 10.4. The summed E-state index contributed by atoms with van der Waals surface area (Å²) in [6.07, 6.45) is 5.45. The lowest BCUT2D eigenvalue weighted by molar-refractivity contribution is 0.0762. The van der Waals surface area contributed by atoms with Crippen molar-refractivity contribution >= 4 is 0 Å². The molecular formula is C6H11N3O. The van der Waals surface area contributed by atoms with Crippen LogP contribution >= 0.6 is 0 Å². The SMILES string of the molecule is CCCCOn1ccnn1. The third-order valence-electron chi connectivity index (χ3n) is 1.12.